The molecule has 144 valence electrons. The smallest absolute Gasteiger partial charge is 0.239 e. The number of guanidine groups is 1. The number of aliphatic imine (C=N–C) groups is 1. The zero-order valence-corrected chi connectivity index (χ0v) is 15.6. The summed E-state index contributed by atoms with van der Waals surface area (Å²) >= 11 is 0. The van der Waals surface area contributed by atoms with Crippen molar-refractivity contribution in [3.8, 4) is 5.75 Å². The van der Waals surface area contributed by atoms with Crippen LogP contribution in [-0.2, 0) is 4.79 Å². The van der Waals surface area contributed by atoms with Crippen molar-refractivity contribution in [3.63, 3.8) is 0 Å². The lowest BCUT2D eigenvalue weighted by atomic mass is 9.95. The third-order valence-corrected chi connectivity index (χ3v) is 4.32. The van der Waals surface area contributed by atoms with E-state index >= 15 is 0 Å². The van der Waals surface area contributed by atoms with E-state index in [0.29, 0.717) is 24.3 Å². The largest absolute Gasteiger partial charge is 0.489 e. The van der Waals surface area contributed by atoms with Crippen molar-refractivity contribution in [2.45, 2.75) is 51.2 Å². The second-order valence-electron chi connectivity index (χ2n) is 6.59. The fraction of sp³-hybridized carbons (Fsp3) is 0.579. The Morgan fingerprint density at radius 1 is 1.23 bits per heavy atom. The average molecular weight is 364 g/mol. The molecule has 0 heterocycles. The summed E-state index contributed by atoms with van der Waals surface area (Å²) in [5.74, 6) is 0.837. The van der Waals surface area contributed by atoms with Gasteiger partial charge in [0.15, 0.2) is 5.96 Å². The van der Waals surface area contributed by atoms with Crippen molar-refractivity contribution >= 4 is 11.9 Å². The van der Waals surface area contributed by atoms with Crippen LogP contribution in [0.25, 0.3) is 0 Å². The number of rotatable bonds is 7. The van der Waals surface area contributed by atoms with Gasteiger partial charge in [0, 0.05) is 13.1 Å². The monoisotopic (exact) mass is 364 g/mol. The van der Waals surface area contributed by atoms with Gasteiger partial charge in [0.1, 0.15) is 17.7 Å². The minimum Gasteiger partial charge on any atom is -0.489 e. The molecule has 1 atom stereocenters. The van der Waals surface area contributed by atoms with Gasteiger partial charge in [0.05, 0.1) is 13.1 Å². The Labute approximate surface area is 154 Å². The number of hydrogen-bond donors (Lipinski definition) is 3. The summed E-state index contributed by atoms with van der Waals surface area (Å²) in [6.45, 7) is 2.59. The molecular weight excluding hydrogens is 335 g/mol. The first-order chi connectivity index (χ1) is 12.6. The lowest BCUT2D eigenvalue weighted by Gasteiger charge is -2.23. The Hall–Kier alpha value is -2.31. The van der Waals surface area contributed by atoms with Gasteiger partial charge in [-0.15, -0.1) is 0 Å². The van der Waals surface area contributed by atoms with E-state index in [4.69, 9.17) is 4.74 Å². The Balaban J connectivity index is 1.66. The molecule has 1 unspecified atom stereocenters. The SMILES string of the molecule is CN=C(NCC(=O)NC1CCCCC1)NCC(C)Oc1ccc(F)cc1. The van der Waals surface area contributed by atoms with Crippen molar-refractivity contribution < 1.29 is 13.9 Å². The minimum atomic E-state index is -0.292. The molecule has 26 heavy (non-hydrogen) atoms. The van der Waals surface area contributed by atoms with E-state index in [9.17, 15) is 9.18 Å². The maximum Gasteiger partial charge on any atom is 0.239 e. The molecule has 0 radical (unpaired) electrons. The Morgan fingerprint density at radius 2 is 1.92 bits per heavy atom. The van der Waals surface area contributed by atoms with E-state index in [1.165, 1.54) is 31.4 Å². The number of nitrogens with zero attached hydrogens (tertiary/aromatic N) is 1. The summed E-state index contributed by atoms with van der Waals surface area (Å²) < 4.78 is 18.6. The van der Waals surface area contributed by atoms with Crippen LogP contribution in [0.15, 0.2) is 29.3 Å². The van der Waals surface area contributed by atoms with Gasteiger partial charge in [-0.1, -0.05) is 19.3 Å². The van der Waals surface area contributed by atoms with Gasteiger partial charge in [-0.05, 0) is 44.0 Å². The Morgan fingerprint density at radius 3 is 2.58 bits per heavy atom. The molecule has 7 heteroatoms. The quantitative estimate of drug-likeness (QED) is 0.512. The zero-order chi connectivity index (χ0) is 18.8. The lowest BCUT2D eigenvalue weighted by Crippen LogP contribution is -2.47. The van der Waals surface area contributed by atoms with Crippen LogP contribution in [0.5, 0.6) is 5.75 Å². The maximum atomic E-state index is 12.9. The maximum absolute atomic E-state index is 12.9. The highest BCUT2D eigenvalue weighted by Crippen LogP contribution is 2.17. The minimum absolute atomic E-state index is 0.0181. The summed E-state index contributed by atoms with van der Waals surface area (Å²) in [5, 5.41) is 9.19. The van der Waals surface area contributed by atoms with Crippen molar-refractivity contribution in [2.75, 3.05) is 20.1 Å². The van der Waals surface area contributed by atoms with Gasteiger partial charge in [-0.2, -0.15) is 0 Å². The van der Waals surface area contributed by atoms with E-state index in [2.05, 4.69) is 20.9 Å². The number of amides is 1. The van der Waals surface area contributed by atoms with Gasteiger partial charge in [-0.25, -0.2) is 4.39 Å². The van der Waals surface area contributed by atoms with Crippen LogP contribution >= 0.6 is 0 Å². The van der Waals surface area contributed by atoms with Gasteiger partial charge < -0.3 is 20.7 Å². The number of carbonyl (C=O) groups is 1. The zero-order valence-electron chi connectivity index (χ0n) is 15.6. The lowest BCUT2D eigenvalue weighted by molar-refractivity contribution is -0.120. The number of hydrogen-bond acceptors (Lipinski definition) is 3. The highest BCUT2D eigenvalue weighted by molar-refractivity contribution is 5.86. The second kappa shape index (κ2) is 10.6. The van der Waals surface area contributed by atoms with E-state index in [1.54, 1.807) is 19.2 Å². The normalized spacial score (nSPS) is 16.7. The topological polar surface area (TPSA) is 74.8 Å². The number of carbonyl (C=O) groups excluding carboxylic acids is 1. The highest BCUT2D eigenvalue weighted by atomic mass is 19.1. The van der Waals surface area contributed by atoms with E-state index in [1.807, 2.05) is 6.92 Å². The molecule has 0 bridgehead atoms. The third-order valence-electron chi connectivity index (χ3n) is 4.32. The van der Waals surface area contributed by atoms with E-state index < -0.39 is 0 Å². The summed E-state index contributed by atoms with van der Waals surface area (Å²) in [6, 6.07) is 6.21. The van der Waals surface area contributed by atoms with Crippen molar-refractivity contribution in [1.82, 2.24) is 16.0 Å². The Kier molecular flexibility index (Phi) is 8.18. The molecule has 0 saturated heterocycles. The molecular formula is C19H29FN4O2. The van der Waals surface area contributed by atoms with Crippen LogP contribution in [0, 0.1) is 5.82 Å². The van der Waals surface area contributed by atoms with Crippen LogP contribution in [0.3, 0.4) is 0 Å². The van der Waals surface area contributed by atoms with Crippen LogP contribution in [0.1, 0.15) is 39.0 Å². The number of benzene rings is 1. The average Bonchev–Trinajstić information content (AvgIpc) is 2.64. The van der Waals surface area contributed by atoms with Crippen molar-refractivity contribution in [2.24, 2.45) is 4.99 Å². The molecule has 1 amide bonds. The molecule has 1 aromatic rings. The molecule has 0 aliphatic heterocycles. The molecule has 0 aromatic heterocycles. The predicted octanol–water partition coefficient (Wildman–Crippen LogP) is 2.21. The summed E-state index contributed by atoms with van der Waals surface area (Å²) in [6.07, 6.45) is 5.63. The fourth-order valence-electron chi connectivity index (χ4n) is 2.94. The van der Waals surface area contributed by atoms with Crippen molar-refractivity contribution in [3.05, 3.63) is 30.1 Å². The van der Waals surface area contributed by atoms with Crippen LogP contribution in [0.4, 0.5) is 4.39 Å². The standard InChI is InChI=1S/C19H29FN4O2/c1-14(26-17-10-8-15(20)9-11-17)12-22-19(21-2)23-13-18(25)24-16-6-4-3-5-7-16/h8-11,14,16H,3-7,12-13H2,1-2H3,(H,24,25)(H2,21,22,23). The molecule has 1 aliphatic rings. The third kappa shape index (κ3) is 7.29. The summed E-state index contributed by atoms with van der Waals surface area (Å²) in [7, 11) is 1.65. The van der Waals surface area contributed by atoms with Crippen molar-refractivity contribution in [1.29, 1.82) is 0 Å². The molecule has 3 N–H and O–H groups in total. The molecule has 1 fully saturated rings. The number of ether oxygens (including phenoxy) is 1. The van der Waals surface area contributed by atoms with Crippen LogP contribution in [-0.4, -0.2) is 44.1 Å². The number of nitrogens with one attached hydrogen (secondary N) is 3. The Bertz CT molecular complexity index is 586. The van der Waals surface area contributed by atoms with Crippen LogP contribution < -0.4 is 20.7 Å². The summed E-state index contributed by atoms with van der Waals surface area (Å²) in [5.41, 5.74) is 0. The predicted molar refractivity (Wildman–Crippen MR) is 101 cm³/mol. The van der Waals surface area contributed by atoms with E-state index in [-0.39, 0.29) is 24.4 Å². The van der Waals surface area contributed by atoms with E-state index in [0.717, 1.165) is 12.8 Å². The molecule has 1 aliphatic carbocycles. The fourth-order valence-corrected chi connectivity index (χ4v) is 2.94. The molecule has 2 rings (SSSR count). The number of halogens is 1. The second-order valence-corrected chi connectivity index (χ2v) is 6.59. The molecule has 6 nitrogen and oxygen atoms in total. The molecule has 0 spiro atoms. The van der Waals surface area contributed by atoms with Crippen LogP contribution in [0.2, 0.25) is 0 Å². The summed E-state index contributed by atoms with van der Waals surface area (Å²) in [4.78, 5) is 16.1. The van der Waals surface area contributed by atoms with Gasteiger partial charge >= 0.3 is 0 Å². The first-order valence-corrected chi connectivity index (χ1v) is 9.23. The first-order valence-electron chi connectivity index (χ1n) is 9.23. The van der Waals surface area contributed by atoms with Gasteiger partial charge in [-0.3, -0.25) is 9.79 Å². The molecule has 1 saturated carbocycles. The molecule has 1 aromatic carbocycles. The highest BCUT2D eigenvalue weighted by Gasteiger charge is 2.15. The van der Waals surface area contributed by atoms with Gasteiger partial charge in [0.2, 0.25) is 5.91 Å². The van der Waals surface area contributed by atoms with Gasteiger partial charge in [0.25, 0.3) is 0 Å². The first kappa shape index (κ1) is 20.0.